The summed E-state index contributed by atoms with van der Waals surface area (Å²) in [5.74, 6) is -0.680. The van der Waals surface area contributed by atoms with Gasteiger partial charge in [-0.25, -0.2) is 0 Å². The molecule has 1 aliphatic rings. The summed E-state index contributed by atoms with van der Waals surface area (Å²) in [5, 5.41) is 0. The average Bonchev–Trinajstić information content (AvgIpc) is 2.63. The lowest BCUT2D eigenvalue weighted by molar-refractivity contribution is -0.137. The minimum absolute atomic E-state index is 0.0454. The summed E-state index contributed by atoms with van der Waals surface area (Å²) in [6.45, 7) is 3.40. The van der Waals surface area contributed by atoms with Crippen LogP contribution in [0.5, 0.6) is 0 Å². The monoisotopic (exact) mass is 269 g/mol. The molecular weight excluding hydrogens is 259 g/mol. The Labute approximate surface area is 107 Å². The van der Waals surface area contributed by atoms with Gasteiger partial charge < -0.3 is 10.5 Å². The van der Waals surface area contributed by atoms with Crippen molar-refractivity contribution in [2.75, 3.05) is 0 Å². The van der Waals surface area contributed by atoms with Crippen LogP contribution in [0.15, 0.2) is 42.8 Å². The van der Waals surface area contributed by atoms with Crippen molar-refractivity contribution in [3.8, 4) is 0 Å². The fraction of sp³-hybridized carbons (Fsp3) is 0.154. The Bertz CT molecular complexity index is 575. The van der Waals surface area contributed by atoms with Crippen molar-refractivity contribution in [2.45, 2.75) is 12.3 Å². The Morgan fingerprint density at radius 3 is 2.58 bits per heavy atom. The number of carbonyl (C=O) groups excluding carboxylic acids is 1. The summed E-state index contributed by atoms with van der Waals surface area (Å²) in [4.78, 5) is 11.9. The molecule has 1 aliphatic heterocycles. The number of carbonyl (C=O) groups is 1. The fourth-order valence-corrected chi connectivity index (χ4v) is 1.80. The van der Waals surface area contributed by atoms with Crippen molar-refractivity contribution >= 4 is 11.4 Å². The van der Waals surface area contributed by atoms with Gasteiger partial charge in [-0.1, -0.05) is 18.7 Å². The number of Topliss-reactive ketones (excluding diaryl/α,β-unsaturated/α-hetero) is 1. The van der Waals surface area contributed by atoms with E-state index in [0.717, 1.165) is 12.1 Å². The third-order valence-electron chi connectivity index (χ3n) is 2.70. The molecule has 1 aromatic carbocycles. The molecule has 3 nitrogen and oxygen atoms in total. The molecule has 0 radical (unpaired) electrons. The minimum Gasteiger partial charge on any atom is -0.463 e. The van der Waals surface area contributed by atoms with E-state index in [2.05, 4.69) is 6.58 Å². The maximum absolute atomic E-state index is 12.6. The van der Waals surface area contributed by atoms with Crippen molar-refractivity contribution in [1.82, 2.24) is 0 Å². The van der Waals surface area contributed by atoms with Gasteiger partial charge in [0.05, 0.1) is 11.1 Å². The summed E-state index contributed by atoms with van der Waals surface area (Å²) in [6.07, 6.45) is -4.17. The Kier molecular flexibility index (Phi) is 3.09. The summed E-state index contributed by atoms with van der Waals surface area (Å²) in [6, 6.07) is 4.39. The molecule has 100 valence electrons. The lowest BCUT2D eigenvalue weighted by atomic mass is 9.98. The normalized spacial score (nSPS) is 19.5. The van der Waals surface area contributed by atoms with Gasteiger partial charge in [-0.2, -0.15) is 13.2 Å². The van der Waals surface area contributed by atoms with Crippen LogP contribution in [0.4, 0.5) is 13.2 Å². The van der Waals surface area contributed by atoms with Gasteiger partial charge in [-0.3, -0.25) is 4.79 Å². The molecule has 0 bridgehead atoms. The van der Waals surface area contributed by atoms with Gasteiger partial charge in [0.1, 0.15) is 0 Å². The Balaban J connectivity index is 2.46. The summed E-state index contributed by atoms with van der Waals surface area (Å²) in [5.41, 5.74) is 4.73. The van der Waals surface area contributed by atoms with E-state index in [4.69, 9.17) is 10.5 Å². The quantitative estimate of drug-likeness (QED) is 0.839. The molecule has 0 amide bonds. The third kappa shape index (κ3) is 2.33. The topological polar surface area (TPSA) is 52.3 Å². The smallest absolute Gasteiger partial charge is 0.416 e. The number of benzene rings is 1. The van der Waals surface area contributed by atoms with E-state index < -0.39 is 23.6 Å². The first-order chi connectivity index (χ1) is 8.84. The van der Waals surface area contributed by atoms with Gasteiger partial charge in [-0.05, 0) is 23.8 Å². The number of ketones is 1. The predicted molar refractivity (Wildman–Crippen MR) is 62.6 cm³/mol. The zero-order chi connectivity index (χ0) is 14.2. The molecule has 2 rings (SSSR count). The van der Waals surface area contributed by atoms with Crippen molar-refractivity contribution < 1.29 is 22.7 Å². The van der Waals surface area contributed by atoms with Crippen molar-refractivity contribution in [3.63, 3.8) is 0 Å². The molecule has 0 fully saturated rings. The standard InChI is InChI=1S/C13H10F3NO2/c1-2-9-11(18)10(12(17)19-9)7-4-3-5-8(6-7)13(14,15)16/h2-6,9H,1,17H2. The number of hydrogen-bond acceptors (Lipinski definition) is 3. The van der Waals surface area contributed by atoms with Gasteiger partial charge in [0, 0.05) is 0 Å². The first-order valence-electron chi connectivity index (χ1n) is 5.35. The van der Waals surface area contributed by atoms with Gasteiger partial charge in [0.2, 0.25) is 5.78 Å². The molecule has 1 aromatic rings. The van der Waals surface area contributed by atoms with Crippen LogP contribution in [0.25, 0.3) is 5.57 Å². The molecule has 1 heterocycles. The predicted octanol–water partition coefficient (Wildman–Crippen LogP) is 2.49. The van der Waals surface area contributed by atoms with Crippen LogP contribution in [0.1, 0.15) is 11.1 Å². The second-order valence-electron chi connectivity index (χ2n) is 3.96. The summed E-state index contributed by atoms with van der Waals surface area (Å²) < 4.78 is 42.9. The van der Waals surface area contributed by atoms with Gasteiger partial charge >= 0.3 is 6.18 Å². The summed E-state index contributed by atoms with van der Waals surface area (Å²) in [7, 11) is 0. The molecule has 0 aromatic heterocycles. The number of nitrogens with two attached hydrogens (primary N) is 1. The zero-order valence-electron chi connectivity index (χ0n) is 9.70. The number of ether oxygens (including phenoxy) is 1. The van der Waals surface area contributed by atoms with E-state index in [1.807, 2.05) is 0 Å². The molecule has 19 heavy (non-hydrogen) atoms. The summed E-state index contributed by atoms with van der Waals surface area (Å²) >= 11 is 0. The Hall–Kier alpha value is -2.24. The fourth-order valence-electron chi connectivity index (χ4n) is 1.80. The minimum atomic E-state index is -4.48. The van der Waals surface area contributed by atoms with Crippen LogP contribution in [-0.2, 0) is 15.7 Å². The number of alkyl halides is 3. The largest absolute Gasteiger partial charge is 0.463 e. The molecule has 1 unspecified atom stereocenters. The van der Waals surface area contributed by atoms with Crippen LogP contribution in [0, 0.1) is 0 Å². The second kappa shape index (κ2) is 4.46. The SMILES string of the molecule is C=CC1OC(N)=C(c2cccc(C(F)(F)F)c2)C1=O. The van der Waals surface area contributed by atoms with Crippen LogP contribution >= 0.6 is 0 Å². The molecule has 0 saturated heterocycles. The Morgan fingerprint density at radius 1 is 1.37 bits per heavy atom. The van der Waals surface area contributed by atoms with Gasteiger partial charge in [0.15, 0.2) is 12.0 Å². The molecule has 6 heteroatoms. The number of hydrogen-bond donors (Lipinski definition) is 1. The lowest BCUT2D eigenvalue weighted by Crippen LogP contribution is -2.15. The van der Waals surface area contributed by atoms with Crippen molar-refractivity contribution in [1.29, 1.82) is 0 Å². The van der Waals surface area contributed by atoms with E-state index in [9.17, 15) is 18.0 Å². The van der Waals surface area contributed by atoms with E-state index in [-0.39, 0.29) is 17.0 Å². The highest BCUT2D eigenvalue weighted by Crippen LogP contribution is 2.33. The molecule has 2 N–H and O–H groups in total. The first-order valence-corrected chi connectivity index (χ1v) is 5.35. The first kappa shape index (κ1) is 13.2. The number of halogens is 3. The van der Waals surface area contributed by atoms with Gasteiger partial charge in [-0.15, -0.1) is 0 Å². The highest BCUT2D eigenvalue weighted by atomic mass is 19.4. The highest BCUT2D eigenvalue weighted by Gasteiger charge is 2.35. The lowest BCUT2D eigenvalue weighted by Gasteiger charge is -2.08. The van der Waals surface area contributed by atoms with Gasteiger partial charge in [0.25, 0.3) is 0 Å². The second-order valence-corrected chi connectivity index (χ2v) is 3.96. The maximum atomic E-state index is 12.6. The molecular formula is C13H10F3NO2. The highest BCUT2D eigenvalue weighted by molar-refractivity contribution is 6.25. The van der Waals surface area contributed by atoms with E-state index >= 15 is 0 Å². The van der Waals surface area contributed by atoms with Crippen molar-refractivity contribution in [2.24, 2.45) is 5.73 Å². The third-order valence-corrected chi connectivity index (χ3v) is 2.70. The average molecular weight is 269 g/mol. The molecule has 0 spiro atoms. The van der Waals surface area contributed by atoms with Crippen LogP contribution in [0.3, 0.4) is 0 Å². The van der Waals surface area contributed by atoms with Crippen LogP contribution in [0.2, 0.25) is 0 Å². The molecule has 0 aliphatic carbocycles. The van der Waals surface area contributed by atoms with Crippen LogP contribution in [-0.4, -0.2) is 11.9 Å². The van der Waals surface area contributed by atoms with Crippen LogP contribution < -0.4 is 5.73 Å². The maximum Gasteiger partial charge on any atom is 0.416 e. The zero-order valence-corrected chi connectivity index (χ0v) is 9.70. The van der Waals surface area contributed by atoms with Crippen molar-refractivity contribution in [3.05, 3.63) is 53.9 Å². The van der Waals surface area contributed by atoms with E-state index in [1.165, 1.54) is 18.2 Å². The molecule has 0 saturated carbocycles. The molecule has 1 atom stereocenters. The number of rotatable bonds is 2. The van der Waals surface area contributed by atoms with E-state index in [0.29, 0.717) is 0 Å². The Morgan fingerprint density at radius 2 is 2.05 bits per heavy atom. The van der Waals surface area contributed by atoms with E-state index in [1.54, 1.807) is 0 Å².